The fourth-order valence-electron chi connectivity index (χ4n) is 2.00. The Kier molecular flexibility index (Phi) is 5.28. The molecule has 0 aromatic heterocycles. The highest BCUT2D eigenvalue weighted by Gasteiger charge is 2.25. The Bertz CT molecular complexity index is 388. The zero-order chi connectivity index (χ0) is 14.4. The molecule has 0 bridgehead atoms. The number of hydrogen-bond acceptors (Lipinski definition) is 4. The first-order valence-corrected chi connectivity index (χ1v) is 6.07. The van der Waals surface area contributed by atoms with Gasteiger partial charge in [-0.15, -0.1) is 0 Å². The molecule has 8 heteroatoms. The largest absolute Gasteiger partial charge is 0.361 e. The summed E-state index contributed by atoms with van der Waals surface area (Å²) < 4.78 is 0. The SMILES string of the molecule is CNC(=O)C(=O)NC1CCC(NC(=O)C(N)=O)CC1. The molecule has 0 unspecified atom stereocenters. The van der Waals surface area contributed by atoms with Gasteiger partial charge in [-0.25, -0.2) is 0 Å². The van der Waals surface area contributed by atoms with Gasteiger partial charge in [0.05, 0.1) is 0 Å². The van der Waals surface area contributed by atoms with Crippen LogP contribution in [0.5, 0.6) is 0 Å². The molecule has 0 saturated heterocycles. The molecule has 1 saturated carbocycles. The molecule has 19 heavy (non-hydrogen) atoms. The molecular weight excluding hydrogens is 252 g/mol. The molecular formula is C11H18N4O4. The number of amides is 4. The molecule has 0 heterocycles. The zero-order valence-corrected chi connectivity index (χ0v) is 10.7. The van der Waals surface area contributed by atoms with Gasteiger partial charge in [0.1, 0.15) is 0 Å². The van der Waals surface area contributed by atoms with E-state index in [-0.39, 0.29) is 12.1 Å². The van der Waals surface area contributed by atoms with Crippen molar-refractivity contribution < 1.29 is 19.2 Å². The van der Waals surface area contributed by atoms with E-state index >= 15 is 0 Å². The number of primary amides is 1. The Hall–Kier alpha value is -2.12. The Balaban J connectivity index is 2.33. The lowest BCUT2D eigenvalue weighted by atomic mass is 9.91. The number of hydrogen-bond donors (Lipinski definition) is 4. The quantitative estimate of drug-likeness (QED) is 0.423. The maximum Gasteiger partial charge on any atom is 0.309 e. The standard InChI is InChI=1S/C11H18N4O4/c1-13-10(18)11(19)15-7-4-2-6(3-5-7)14-9(17)8(12)16/h6-7H,2-5H2,1H3,(H2,12,16)(H,13,18)(H,14,17)(H,15,19). The van der Waals surface area contributed by atoms with Crippen LogP contribution in [0.25, 0.3) is 0 Å². The summed E-state index contributed by atoms with van der Waals surface area (Å²) >= 11 is 0. The lowest BCUT2D eigenvalue weighted by Crippen LogP contribution is -2.48. The van der Waals surface area contributed by atoms with Crippen LogP contribution in [-0.2, 0) is 19.2 Å². The van der Waals surface area contributed by atoms with E-state index in [4.69, 9.17) is 5.73 Å². The maximum atomic E-state index is 11.3. The van der Waals surface area contributed by atoms with Gasteiger partial charge in [0.2, 0.25) is 0 Å². The predicted molar refractivity (Wildman–Crippen MR) is 65.6 cm³/mol. The van der Waals surface area contributed by atoms with Crippen molar-refractivity contribution in [2.24, 2.45) is 5.73 Å². The average Bonchev–Trinajstić information content (AvgIpc) is 2.39. The second-order valence-corrected chi connectivity index (χ2v) is 4.44. The van der Waals surface area contributed by atoms with E-state index in [1.807, 2.05) is 0 Å². The van der Waals surface area contributed by atoms with Crippen molar-refractivity contribution in [2.45, 2.75) is 37.8 Å². The van der Waals surface area contributed by atoms with Gasteiger partial charge in [-0.3, -0.25) is 19.2 Å². The van der Waals surface area contributed by atoms with Gasteiger partial charge in [0, 0.05) is 19.1 Å². The van der Waals surface area contributed by atoms with Crippen molar-refractivity contribution in [2.75, 3.05) is 7.05 Å². The first kappa shape index (κ1) is 14.9. The van der Waals surface area contributed by atoms with E-state index in [0.717, 1.165) is 0 Å². The van der Waals surface area contributed by atoms with Crippen LogP contribution in [0.2, 0.25) is 0 Å². The number of carbonyl (C=O) groups excluding carboxylic acids is 4. The summed E-state index contributed by atoms with van der Waals surface area (Å²) in [5.74, 6) is -3.14. The van der Waals surface area contributed by atoms with Crippen molar-refractivity contribution in [1.82, 2.24) is 16.0 Å². The second-order valence-electron chi connectivity index (χ2n) is 4.44. The molecule has 1 rings (SSSR count). The normalized spacial score (nSPS) is 22.2. The molecule has 0 radical (unpaired) electrons. The third-order valence-corrected chi connectivity index (χ3v) is 3.05. The molecule has 0 atom stereocenters. The summed E-state index contributed by atoms with van der Waals surface area (Å²) in [5.41, 5.74) is 4.84. The molecule has 0 aromatic carbocycles. The van der Waals surface area contributed by atoms with Crippen molar-refractivity contribution >= 4 is 23.6 Å². The summed E-state index contributed by atoms with van der Waals surface area (Å²) in [6, 6.07) is -0.209. The molecule has 0 aliphatic heterocycles. The van der Waals surface area contributed by atoms with E-state index in [0.29, 0.717) is 25.7 Å². The van der Waals surface area contributed by atoms with E-state index in [9.17, 15) is 19.2 Å². The number of rotatable bonds is 2. The van der Waals surface area contributed by atoms with Crippen LogP contribution in [0.15, 0.2) is 0 Å². The second kappa shape index (κ2) is 6.72. The number of nitrogens with two attached hydrogens (primary N) is 1. The fourth-order valence-corrected chi connectivity index (χ4v) is 2.00. The molecule has 4 amide bonds. The van der Waals surface area contributed by atoms with Crippen LogP contribution in [0.3, 0.4) is 0 Å². The highest BCUT2D eigenvalue weighted by atomic mass is 16.2. The van der Waals surface area contributed by atoms with Gasteiger partial charge in [-0.05, 0) is 25.7 Å². The summed E-state index contributed by atoms with van der Waals surface area (Å²) in [6.45, 7) is 0. The number of likely N-dealkylation sites (N-methyl/N-ethyl adjacent to an activating group) is 1. The minimum atomic E-state index is -1.00. The van der Waals surface area contributed by atoms with Gasteiger partial charge < -0.3 is 21.7 Å². The van der Waals surface area contributed by atoms with E-state index in [1.165, 1.54) is 7.05 Å². The molecule has 1 aliphatic carbocycles. The van der Waals surface area contributed by atoms with Gasteiger partial charge >= 0.3 is 23.6 Å². The van der Waals surface area contributed by atoms with E-state index in [1.54, 1.807) is 0 Å². The minimum Gasteiger partial charge on any atom is -0.361 e. The molecule has 1 fully saturated rings. The molecule has 1 aliphatic rings. The van der Waals surface area contributed by atoms with E-state index < -0.39 is 23.6 Å². The Morgan fingerprint density at radius 1 is 0.842 bits per heavy atom. The summed E-state index contributed by atoms with van der Waals surface area (Å²) in [4.78, 5) is 44.1. The smallest absolute Gasteiger partial charge is 0.309 e. The number of nitrogens with one attached hydrogen (secondary N) is 3. The van der Waals surface area contributed by atoms with Crippen molar-refractivity contribution in [1.29, 1.82) is 0 Å². The molecule has 0 aromatic rings. The van der Waals surface area contributed by atoms with Crippen molar-refractivity contribution in [3.63, 3.8) is 0 Å². The van der Waals surface area contributed by atoms with Gasteiger partial charge in [-0.2, -0.15) is 0 Å². The zero-order valence-electron chi connectivity index (χ0n) is 10.7. The third-order valence-electron chi connectivity index (χ3n) is 3.05. The first-order chi connectivity index (χ1) is 8.93. The molecule has 106 valence electrons. The van der Waals surface area contributed by atoms with Crippen LogP contribution in [0.1, 0.15) is 25.7 Å². The predicted octanol–water partition coefficient (Wildman–Crippen LogP) is -2.24. The monoisotopic (exact) mass is 270 g/mol. The van der Waals surface area contributed by atoms with E-state index in [2.05, 4.69) is 16.0 Å². The summed E-state index contributed by atoms with van der Waals surface area (Å²) in [7, 11) is 1.39. The maximum absolute atomic E-state index is 11.3. The average molecular weight is 270 g/mol. The summed E-state index contributed by atoms with van der Waals surface area (Å²) in [5, 5.41) is 7.37. The fraction of sp³-hybridized carbons (Fsp3) is 0.636. The first-order valence-electron chi connectivity index (χ1n) is 6.07. The molecule has 5 N–H and O–H groups in total. The minimum absolute atomic E-state index is 0.0912. The number of carbonyl (C=O) groups is 4. The van der Waals surface area contributed by atoms with Crippen LogP contribution in [0, 0.1) is 0 Å². The van der Waals surface area contributed by atoms with Crippen LogP contribution in [0.4, 0.5) is 0 Å². The topological polar surface area (TPSA) is 130 Å². The van der Waals surface area contributed by atoms with Gasteiger partial charge in [0.25, 0.3) is 0 Å². The van der Waals surface area contributed by atoms with Crippen LogP contribution >= 0.6 is 0 Å². The Morgan fingerprint density at radius 3 is 1.63 bits per heavy atom. The molecule has 8 nitrogen and oxygen atoms in total. The Labute approximate surface area is 110 Å². The molecule has 0 spiro atoms. The Morgan fingerprint density at radius 2 is 1.26 bits per heavy atom. The van der Waals surface area contributed by atoms with Crippen LogP contribution < -0.4 is 21.7 Å². The lowest BCUT2D eigenvalue weighted by Gasteiger charge is -2.29. The van der Waals surface area contributed by atoms with Gasteiger partial charge in [-0.1, -0.05) is 0 Å². The van der Waals surface area contributed by atoms with Gasteiger partial charge in [0.15, 0.2) is 0 Å². The van der Waals surface area contributed by atoms with Crippen molar-refractivity contribution in [3.05, 3.63) is 0 Å². The van der Waals surface area contributed by atoms with Crippen molar-refractivity contribution in [3.8, 4) is 0 Å². The lowest BCUT2D eigenvalue weighted by molar-refractivity contribution is -0.139. The third kappa shape index (κ3) is 4.57. The van der Waals surface area contributed by atoms with Crippen LogP contribution in [-0.4, -0.2) is 42.8 Å². The highest BCUT2D eigenvalue weighted by Crippen LogP contribution is 2.18. The summed E-state index contributed by atoms with van der Waals surface area (Å²) in [6.07, 6.45) is 2.51. The highest BCUT2D eigenvalue weighted by molar-refractivity contribution is 6.35.